The summed E-state index contributed by atoms with van der Waals surface area (Å²) < 4.78 is 12.7. The first-order valence-electron chi connectivity index (χ1n) is 4.43. The lowest BCUT2D eigenvalue weighted by atomic mass is 10.0. The van der Waals surface area contributed by atoms with Gasteiger partial charge in [-0.25, -0.2) is 4.39 Å². The summed E-state index contributed by atoms with van der Waals surface area (Å²) in [5.74, 6) is 0.560. The number of aryl methyl sites for hydroxylation is 1. The molecule has 0 nitrogen and oxygen atoms in total. The molecule has 1 rings (SSSR count). The molecule has 0 bridgehead atoms. The molecule has 0 aliphatic heterocycles. The van der Waals surface area contributed by atoms with Crippen molar-refractivity contribution >= 4 is 0 Å². The van der Waals surface area contributed by atoms with E-state index in [9.17, 15) is 4.39 Å². The molecule has 0 atom stereocenters. The smallest absolute Gasteiger partial charge is 0.123 e. The van der Waals surface area contributed by atoms with Gasteiger partial charge in [-0.15, -0.1) is 0 Å². The second-order valence-corrected chi connectivity index (χ2v) is 3.56. The van der Waals surface area contributed by atoms with Gasteiger partial charge in [-0.05, 0) is 36.5 Å². The minimum absolute atomic E-state index is 0.128. The van der Waals surface area contributed by atoms with Crippen LogP contribution in [0.5, 0.6) is 0 Å². The third kappa shape index (κ3) is 3.04. The van der Waals surface area contributed by atoms with Crippen molar-refractivity contribution in [2.45, 2.75) is 26.7 Å². The molecular weight excluding hydrogens is 151 g/mol. The van der Waals surface area contributed by atoms with Crippen LogP contribution >= 0.6 is 0 Å². The van der Waals surface area contributed by atoms with Crippen molar-refractivity contribution in [3.8, 4) is 0 Å². The van der Waals surface area contributed by atoms with Crippen LogP contribution in [0, 0.1) is 11.7 Å². The van der Waals surface area contributed by atoms with Crippen molar-refractivity contribution in [1.82, 2.24) is 0 Å². The molecule has 0 fully saturated rings. The number of hydrogen-bond donors (Lipinski definition) is 0. The third-order valence-corrected chi connectivity index (χ3v) is 1.90. The van der Waals surface area contributed by atoms with Crippen LogP contribution in [0.4, 0.5) is 4.39 Å². The van der Waals surface area contributed by atoms with Crippen molar-refractivity contribution in [1.29, 1.82) is 0 Å². The van der Waals surface area contributed by atoms with Crippen LogP contribution in [0.15, 0.2) is 24.3 Å². The molecule has 1 aromatic rings. The zero-order chi connectivity index (χ0) is 8.97. The van der Waals surface area contributed by atoms with Gasteiger partial charge < -0.3 is 0 Å². The quantitative estimate of drug-likeness (QED) is 0.645. The van der Waals surface area contributed by atoms with Crippen molar-refractivity contribution in [2.75, 3.05) is 0 Å². The molecule has 0 saturated carbocycles. The molecule has 0 radical (unpaired) electrons. The molecule has 1 aromatic carbocycles. The Hall–Kier alpha value is -0.850. The Bertz CT molecular complexity index is 241. The predicted octanol–water partition coefficient (Wildman–Crippen LogP) is 3.41. The van der Waals surface area contributed by atoms with Gasteiger partial charge in [0.05, 0.1) is 0 Å². The lowest BCUT2D eigenvalue weighted by Gasteiger charge is -2.03. The van der Waals surface area contributed by atoms with Gasteiger partial charge >= 0.3 is 0 Å². The minimum Gasteiger partial charge on any atom is -0.207 e. The summed E-state index contributed by atoms with van der Waals surface area (Å²) in [6.45, 7) is 4.36. The van der Waals surface area contributed by atoms with Gasteiger partial charge in [0.2, 0.25) is 0 Å². The Morgan fingerprint density at radius 2 is 2.08 bits per heavy atom. The maximum atomic E-state index is 12.7. The van der Waals surface area contributed by atoms with Gasteiger partial charge in [0.25, 0.3) is 0 Å². The molecule has 0 unspecified atom stereocenters. The van der Waals surface area contributed by atoms with Crippen molar-refractivity contribution in [2.24, 2.45) is 5.92 Å². The predicted molar refractivity (Wildman–Crippen MR) is 49.6 cm³/mol. The van der Waals surface area contributed by atoms with Crippen LogP contribution in [0.25, 0.3) is 0 Å². The van der Waals surface area contributed by atoms with Gasteiger partial charge in [-0.1, -0.05) is 26.0 Å². The van der Waals surface area contributed by atoms with E-state index < -0.39 is 0 Å². The molecule has 0 N–H and O–H groups in total. The fourth-order valence-corrected chi connectivity index (χ4v) is 1.15. The zero-order valence-electron chi connectivity index (χ0n) is 7.68. The monoisotopic (exact) mass is 166 g/mol. The molecule has 0 heterocycles. The van der Waals surface area contributed by atoms with E-state index in [1.807, 2.05) is 6.07 Å². The molecule has 12 heavy (non-hydrogen) atoms. The van der Waals surface area contributed by atoms with E-state index >= 15 is 0 Å². The Morgan fingerprint density at radius 3 is 2.67 bits per heavy atom. The van der Waals surface area contributed by atoms with E-state index in [4.69, 9.17) is 0 Å². The largest absolute Gasteiger partial charge is 0.207 e. The highest BCUT2D eigenvalue weighted by molar-refractivity contribution is 5.16. The molecule has 1 heteroatoms. The number of benzene rings is 1. The zero-order valence-corrected chi connectivity index (χ0v) is 7.68. The Kier molecular flexibility index (Phi) is 3.27. The van der Waals surface area contributed by atoms with Crippen molar-refractivity contribution in [3.05, 3.63) is 35.6 Å². The van der Waals surface area contributed by atoms with Crippen LogP contribution in [0.2, 0.25) is 0 Å². The highest BCUT2D eigenvalue weighted by Gasteiger charge is 1.97. The van der Waals surface area contributed by atoms with Crippen LogP contribution in [-0.2, 0) is 6.42 Å². The molecular formula is C11H15F. The minimum atomic E-state index is -0.128. The maximum Gasteiger partial charge on any atom is 0.123 e. The first-order valence-corrected chi connectivity index (χ1v) is 4.43. The molecule has 0 amide bonds. The van der Waals surface area contributed by atoms with Crippen LogP contribution in [-0.4, -0.2) is 0 Å². The van der Waals surface area contributed by atoms with E-state index in [1.54, 1.807) is 12.1 Å². The van der Waals surface area contributed by atoms with Gasteiger partial charge in [-0.3, -0.25) is 0 Å². The molecule has 66 valence electrons. The van der Waals surface area contributed by atoms with E-state index in [2.05, 4.69) is 13.8 Å². The van der Waals surface area contributed by atoms with Crippen LogP contribution in [0.3, 0.4) is 0 Å². The summed E-state index contributed by atoms with van der Waals surface area (Å²) in [4.78, 5) is 0. The summed E-state index contributed by atoms with van der Waals surface area (Å²) in [7, 11) is 0. The second-order valence-electron chi connectivity index (χ2n) is 3.56. The lowest BCUT2D eigenvalue weighted by Crippen LogP contribution is -1.92. The lowest BCUT2D eigenvalue weighted by molar-refractivity contribution is 0.581. The highest BCUT2D eigenvalue weighted by Crippen LogP contribution is 2.09. The average Bonchev–Trinajstić information content (AvgIpc) is 2.01. The molecule has 0 aromatic heterocycles. The van der Waals surface area contributed by atoms with Crippen LogP contribution in [0.1, 0.15) is 25.8 Å². The fourth-order valence-electron chi connectivity index (χ4n) is 1.15. The molecule has 0 saturated heterocycles. The normalized spacial score (nSPS) is 10.7. The summed E-state index contributed by atoms with van der Waals surface area (Å²) >= 11 is 0. The summed E-state index contributed by atoms with van der Waals surface area (Å²) in [5.41, 5.74) is 1.10. The van der Waals surface area contributed by atoms with Gasteiger partial charge in [-0.2, -0.15) is 0 Å². The van der Waals surface area contributed by atoms with E-state index in [-0.39, 0.29) is 5.82 Å². The van der Waals surface area contributed by atoms with Gasteiger partial charge in [0, 0.05) is 0 Å². The number of halogens is 1. The van der Waals surface area contributed by atoms with E-state index in [0.29, 0.717) is 5.92 Å². The highest BCUT2D eigenvalue weighted by atomic mass is 19.1. The van der Waals surface area contributed by atoms with Gasteiger partial charge in [0.1, 0.15) is 5.82 Å². The third-order valence-electron chi connectivity index (χ3n) is 1.90. The summed E-state index contributed by atoms with van der Waals surface area (Å²) in [6, 6.07) is 6.84. The summed E-state index contributed by atoms with van der Waals surface area (Å²) in [6.07, 6.45) is 2.11. The Labute approximate surface area is 73.4 Å². The second kappa shape index (κ2) is 4.24. The van der Waals surface area contributed by atoms with E-state index in [0.717, 1.165) is 18.4 Å². The Balaban J connectivity index is 2.52. The van der Waals surface area contributed by atoms with Gasteiger partial charge in [0.15, 0.2) is 0 Å². The van der Waals surface area contributed by atoms with Crippen molar-refractivity contribution < 1.29 is 4.39 Å². The number of hydrogen-bond acceptors (Lipinski definition) is 0. The first kappa shape index (κ1) is 9.24. The Morgan fingerprint density at radius 1 is 1.33 bits per heavy atom. The average molecular weight is 166 g/mol. The van der Waals surface area contributed by atoms with Crippen LogP contribution < -0.4 is 0 Å². The molecule has 0 aliphatic rings. The molecule has 0 aliphatic carbocycles. The maximum absolute atomic E-state index is 12.7. The first-order chi connectivity index (χ1) is 5.68. The SMILES string of the molecule is CC(C)CCc1cccc(F)c1. The molecule has 0 spiro atoms. The van der Waals surface area contributed by atoms with E-state index in [1.165, 1.54) is 6.07 Å². The van der Waals surface area contributed by atoms with Crippen molar-refractivity contribution in [3.63, 3.8) is 0 Å². The summed E-state index contributed by atoms with van der Waals surface area (Å²) in [5, 5.41) is 0. The fraction of sp³-hybridized carbons (Fsp3) is 0.455. The number of rotatable bonds is 3. The topological polar surface area (TPSA) is 0 Å². The standard InChI is InChI=1S/C11H15F/c1-9(2)6-7-10-4-3-5-11(12)8-10/h3-5,8-9H,6-7H2,1-2H3.